The number of ether oxygens (including phenoxy) is 1. The summed E-state index contributed by atoms with van der Waals surface area (Å²) in [5, 5.41) is 33.5. The zero-order valence-corrected chi connectivity index (χ0v) is 18.6. The molecule has 1 aliphatic heterocycles. The SMILES string of the molecule is Oc1ccc(C2=C(c3ccc(O)cc3)C3(Pc4cccc5ccccc45)OC3(O)C=C2)cc1. The van der Waals surface area contributed by atoms with Crippen LogP contribution < -0.4 is 5.30 Å². The molecule has 0 amide bonds. The Morgan fingerprint density at radius 2 is 1.33 bits per heavy atom. The summed E-state index contributed by atoms with van der Waals surface area (Å²) in [6.07, 6.45) is 3.60. The number of aliphatic hydroxyl groups is 1. The lowest BCUT2D eigenvalue weighted by atomic mass is 9.86. The molecule has 2 aliphatic rings. The molecule has 162 valence electrons. The maximum absolute atomic E-state index is 11.4. The summed E-state index contributed by atoms with van der Waals surface area (Å²) in [6.45, 7) is 0. The molecule has 1 heterocycles. The van der Waals surface area contributed by atoms with E-state index in [0.29, 0.717) is 0 Å². The lowest BCUT2D eigenvalue weighted by Crippen LogP contribution is -2.27. The van der Waals surface area contributed by atoms with Crippen molar-refractivity contribution in [3.63, 3.8) is 0 Å². The second-order valence-corrected chi connectivity index (χ2v) is 9.84. The molecule has 0 aromatic heterocycles. The topological polar surface area (TPSA) is 73.2 Å². The van der Waals surface area contributed by atoms with Crippen LogP contribution in [0.2, 0.25) is 0 Å². The minimum atomic E-state index is -1.41. The summed E-state index contributed by atoms with van der Waals surface area (Å²) in [4.78, 5) is 0. The fourth-order valence-corrected chi connectivity index (χ4v) is 6.42. The average molecular weight is 452 g/mol. The number of fused-ring (bicyclic) bond motifs is 2. The Morgan fingerprint density at radius 1 is 0.697 bits per heavy atom. The van der Waals surface area contributed by atoms with Gasteiger partial charge in [0, 0.05) is 5.57 Å². The van der Waals surface area contributed by atoms with Crippen molar-refractivity contribution in [2.75, 3.05) is 0 Å². The van der Waals surface area contributed by atoms with Crippen molar-refractivity contribution in [2.24, 2.45) is 0 Å². The van der Waals surface area contributed by atoms with Gasteiger partial charge in [-0.05, 0) is 71.7 Å². The molecule has 4 aromatic rings. The van der Waals surface area contributed by atoms with Crippen LogP contribution in [-0.2, 0) is 4.74 Å². The Labute approximate surface area is 192 Å². The number of aromatic hydroxyl groups is 2. The smallest absolute Gasteiger partial charge is 0.225 e. The molecule has 0 spiro atoms. The third kappa shape index (κ3) is 3.19. The van der Waals surface area contributed by atoms with Crippen molar-refractivity contribution in [2.45, 2.75) is 11.1 Å². The van der Waals surface area contributed by atoms with Gasteiger partial charge in [0.15, 0.2) is 5.34 Å². The molecule has 1 saturated heterocycles. The van der Waals surface area contributed by atoms with E-state index in [1.165, 1.54) is 0 Å². The first-order chi connectivity index (χ1) is 16.0. The second kappa shape index (κ2) is 7.29. The van der Waals surface area contributed by atoms with Crippen LogP contribution in [0, 0.1) is 0 Å². The molecule has 4 nitrogen and oxygen atoms in total. The molecule has 3 unspecified atom stereocenters. The van der Waals surface area contributed by atoms with Gasteiger partial charge in [0.05, 0.1) is 0 Å². The first-order valence-corrected chi connectivity index (χ1v) is 11.7. The first kappa shape index (κ1) is 20.2. The van der Waals surface area contributed by atoms with Gasteiger partial charge >= 0.3 is 0 Å². The summed E-state index contributed by atoms with van der Waals surface area (Å²) in [7, 11) is 0.144. The van der Waals surface area contributed by atoms with Crippen molar-refractivity contribution in [1.29, 1.82) is 0 Å². The summed E-state index contributed by atoms with van der Waals surface area (Å²) < 4.78 is 6.19. The number of allylic oxidation sites excluding steroid dienone is 2. The molecule has 33 heavy (non-hydrogen) atoms. The van der Waals surface area contributed by atoms with Crippen molar-refractivity contribution < 1.29 is 20.1 Å². The highest BCUT2D eigenvalue weighted by Gasteiger charge is 2.72. The second-order valence-electron chi connectivity index (χ2n) is 8.35. The van der Waals surface area contributed by atoms with Crippen molar-refractivity contribution >= 4 is 35.8 Å². The Bertz CT molecular complexity index is 1430. The van der Waals surface area contributed by atoms with Crippen molar-refractivity contribution in [1.82, 2.24) is 0 Å². The Balaban J connectivity index is 1.57. The van der Waals surface area contributed by atoms with E-state index < -0.39 is 11.1 Å². The predicted molar refractivity (Wildman–Crippen MR) is 133 cm³/mol. The number of phenolic OH excluding ortho intramolecular Hbond substituents is 2. The van der Waals surface area contributed by atoms with Crippen molar-refractivity contribution in [3.8, 4) is 11.5 Å². The van der Waals surface area contributed by atoms with Gasteiger partial charge < -0.3 is 20.1 Å². The third-order valence-electron chi connectivity index (χ3n) is 6.30. The molecule has 1 aliphatic carbocycles. The molecule has 1 fully saturated rings. The van der Waals surface area contributed by atoms with Crippen LogP contribution in [0.25, 0.3) is 21.9 Å². The van der Waals surface area contributed by atoms with E-state index in [-0.39, 0.29) is 20.1 Å². The molecule has 3 N–H and O–H groups in total. The lowest BCUT2D eigenvalue weighted by Gasteiger charge is -2.26. The fraction of sp³-hybridized carbons (Fsp3) is 0.0714. The van der Waals surface area contributed by atoms with Crippen molar-refractivity contribution in [3.05, 3.63) is 114 Å². The highest BCUT2D eigenvalue weighted by Crippen LogP contribution is 2.68. The summed E-state index contributed by atoms with van der Waals surface area (Å²) in [5.74, 6) is -1.04. The van der Waals surface area contributed by atoms with Gasteiger partial charge in [-0.15, -0.1) is 0 Å². The summed E-state index contributed by atoms with van der Waals surface area (Å²) in [5.41, 5.74) is 3.55. The molecule has 0 saturated carbocycles. The predicted octanol–water partition coefficient (Wildman–Crippen LogP) is 5.15. The molecular formula is C28H21O4P. The Hall–Kier alpha value is -3.43. The lowest BCUT2D eigenvalue weighted by molar-refractivity contribution is 0.0826. The highest BCUT2D eigenvalue weighted by molar-refractivity contribution is 7.50. The summed E-state index contributed by atoms with van der Waals surface area (Å²) >= 11 is 0. The maximum atomic E-state index is 11.4. The molecule has 4 aromatic carbocycles. The van der Waals surface area contributed by atoms with E-state index in [1.54, 1.807) is 30.3 Å². The van der Waals surface area contributed by atoms with E-state index >= 15 is 0 Å². The molecule has 5 heteroatoms. The van der Waals surface area contributed by atoms with Gasteiger partial charge in [-0.1, -0.05) is 72.8 Å². The number of hydrogen-bond acceptors (Lipinski definition) is 4. The molecule has 0 radical (unpaired) electrons. The van der Waals surface area contributed by atoms with Gasteiger partial charge in [-0.2, -0.15) is 0 Å². The number of rotatable bonds is 4. The Kier molecular flexibility index (Phi) is 4.46. The van der Waals surface area contributed by atoms with Crippen LogP contribution in [-0.4, -0.2) is 26.4 Å². The van der Waals surface area contributed by atoms with Gasteiger partial charge in [0.25, 0.3) is 0 Å². The fourth-order valence-electron chi connectivity index (χ4n) is 4.63. The van der Waals surface area contributed by atoms with Crippen LogP contribution in [0.4, 0.5) is 0 Å². The van der Waals surface area contributed by atoms with Gasteiger partial charge in [0.2, 0.25) is 5.79 Å². The van der Waals surface area contributed by atoms with Crippen LogP contribution in [0.15, 0.2) is 103 Å². The standard InChI is InChI=1S/C28H21O4P/c29-21-12-8-19(9-13-21)24-16-17-27(31)28(32-27,26(24)20-10-14-22(30)15-11-20)33-25-7-3-5-18-4-1-2-6-23(18)25/h1-17,29-31,33H. The number of phenols is 2. The molecule has 3 atom stereocenters. The van der Waals surface area contributed by atoms with Crippen LogP contribution in [0.3, 0.4) is 0 Å². The minimum Gasteiger partial charge on any atom is -0.508 e. The van der Waals surface area contributed by atoms with Crippen LogP contribution >= 0.6 is 8.58 Å². The zero-order valence-electron chi connectivity index (χ0n) is 17.6. The summed E-state index contributed by atoms with van der Waals surface area (Å²) in [6, 6.07) is 28.4. The largest absolute Gasteiger partial charge is 0.508 e. The van der Waals surface area contributed by atoms with Gasteiger partial charge in [-0.3, -0.25) is 0 Å². The minimum absolute atomic E-state index is 0.144. The van der Waals surface area contributed by atoms with Crippen LogP contribution in [0.5, 0.6) is 11.5 Å². The molecular weight excluding hydrogens is 431 g/mol. The number of epoxide rings is 1. The van der Waals surface area contributed by atoms with Gasteiger partial charge in [-0.25, -0.2) is 0 Å². The normalized spacial score (nSPS) is 23.9. The van der Waals surface area contributed by atoms with E-state index in [0.717, 1.165) is 38.4 Å². The molecule has 6 rings (SSSR count). The van der Waals surface area contributed by atoms with Crippen LogP contribution in [0.1, 0.15) is 11.1 Å². The maximum Gasteiger partial charge on any atom is 0.225 e. The average Bonchev–Trinajstić information content (AvgIpc) is 3.45. The molecule has 0 bridgehead atoms. The first-order valence-electron chi connectivity index (χ1n) is 10.7. The van der Waals surface area contributed by atoms with Gasteiger partial charge in [0.1, 0.15) is 11.5 Å². The van der Waals surface area contributed by atoms with E-state index in [9.17, 15) is 15.3 Å². The van der Waals surface area contributed by atoms with E-state index in [2.05, 4.69) is 24.3 Å². The third-order valence-corrected chi connectivity index (χ3v) is 8.07. The highest BCUT2D eigenvalue weighted by atomic mass is 31.1. The quantitative estimate of drug-likeness (QED) is 0.296. The van der Waals surface area contributed by atoms with E-state index in [1.807, 2.05) is 48.5 Å². The van der Waals surface area contributed by atoms with E-state index in [4.69, 9.17) is 4.74 Å². The monoisotopic (exact) mass is 452 g/mol. The number of hydrogen-bond donors (Lipinski definition) is 3. The zero-order chi connectivity index (χ0) is 22.6. The Morgan fingerprint density at radius 3 is 2.06 bits per heavy atom. The number of benzene rings is 4.